The Morgan fingerprint density at radius 1 is 0.966 bits per heavy atom. The number of benzene rings is 2. The zero-order valence-electron chi connectivity index (χ0n) is 16.3. The van der Waals surface area contributed by atoms with E-state index in [2.05, 4.69) is 0 Å². The second-order valence-corrected chi connectivity index (χ2v) is 8.91. The molecule has 1 spiro atoms. The van der Waals surface area contributed by atoms with E-state index in [-0.39, 0.29) is 36.2 Å². The average molecular weight is 396 g/mol. The number of rotatable bonds is 3. The Bertz CT molecular complexity index is 897. The molecule has 3 fully saturated rings. The SMILES string of the molecule is C1C2CC12.OC[C@H]1CC[C@@]2(C=CC(c3cccc(F)c3)O2)[C@@H]1c1ccc(F)cc1. The van der Waals surface area contributed by atoms with Crippen LogP contribution in [-0.4, -0.2) is 17.3 Å². The largest absolute Gasteiger partial charge is 0.396 e. The summed E-state index contributed by atoms with van der Waals surface area (Å²) < 4.78 is 33.2. The molecular weight excluding hydrogens is 370 g/mol. The highest BCUT2D eigenvalue weighted by Crippen LogP contribution is 2.62. The summed E-state index contributed by atoms with van der Waals surface area (Å²) in [6.07, 6.45) is 8.48. The summed E-state index contributed by atoms with van der Waals surface area (Å²) in [7, 11) is 0. The van der Waals surface area contributed by atoms with Gasteiger partial charge in [0.1, 0.15) is 17.7 Å². The lowest BCUT2D eigenvalue weighted by atomic mass is 9.80. The molecule has 2 aromatic rings. The molecule has 152 valence electrons. The van der Waals surface area contributed by atoms with E-state index in [1.807, 2.05) is 18.2 Å². The highest BCUT2D eigenvalue weighted by Gasteiger charge is 2.52. The molecular formula is C25H26F2O2. The van der Waals surface area contributed by atoms with Crippen LogP contribution in [0.15, 0.2) is 60.7 Å². The number of halogens is 2. The summed E-state index contributed by atoms with van der Waals surface area (Å²) in [4.78, 5) is 0. The van der Waals surface area contributed by atoms with Gasteiger partial charge in [-0.2, -0.15) is 0 Å². The second kappa shape index (κ2) is 7.33. The molecule has 2 aromatic carbocycles. The monoisotopic (exact) mass is 396 g/mol. The number of aliphatic hydroxyl groups is 1. The number of hydrogen-bond donors (Lipinski definition) is 1. The molecule has 29 heavy (non-hydrogen) atoms. The van der Waals surface area contributed by atoms with Crippen molar-refractivity contribution in [2.24, 2.45) is 17.8 Å². The van der Waals surface area contributed by atoms with E-state index in [1.165, 1.54) is 36.1 Å². The predicted octanol–water partition coefficient (Wildman–Crippen LogP) is 5.54. The summed E-state index contributed by atoms with van der Waals surface area (Å²) >= 11 is 0. The summed E-state index contributed by atoms with van der Waals surface area (Å²) in [5, 5.41) is 9.81. The zero-order chi connectivity index (χ0) is 20.0. The molecule has 0 amide bonds. The van der Waals surface area contributed by atoms with Crippen LogP contribution in [0.25, 0.3) is 0 Å². The average Bonchev–Trinajstić information content (AvgIpc) is 3.57. The first-order valence-electron chi connectivity index (χ1n) is 10.6. The van der Waals surface area contributed by atoms with Gasteiger partial charge >= 0.3 is 0 Å². The summed E-state index contributed by atoms with van der Waals surface area (Å²) in [5.41, 5.74) is 1.20. The molecule has 3 aliphatic carbocycles. The van der Waals surface area contributed by atoms with Crippen molar-refractivity contribution in [2.75, 3.05) is 6.61 Å². The van der Waals surface area contributed by atoms with E-state index < -0.39 is 5.60 Å². The predicted molar refractivity (Wildman–Crippen MR) is 107 cm³/mol. The lowest BCUT2D eigenvalue weighted by Crippen LogP contribution is -2.33. The first-order valence-corrected chi connectivity index (χ1v) is 10.6. The van der Waals surface area contributed by atoms with Gasteiger partial charge in [-0.1, -0.05) is 36.4 Å². The van der Waals surface area contributed by atoms with Gasteiger partial charge in [0.05, 0.1) is 5.60 Å². The van der Waals surface area contributed by atoms with Gasteiger partial charge in [-0.15, -0.1) is 0 Å². The van der Waals surface area contributed by atoms with Gasteiger partial charge in [0, 0.05) is 12.5 Å². The van der Waals surface area contributed by atoms with Crippen molar-refractivity contribution in [3.63, 3.8) is 0 Å². The van der Waals surface area contributed by atoms with Gasteiger partial charge < -0.3 is 9.84 Å². The fourth-order valence-electron chi connectivity index (χ4n) is 4.85. The molecule has 0 aromatic heterocycles. The molecule has 2 nitrogen and oxygen atoms in total. The zero-order valence-corrected chi connectivity index (χ0v) is 16.3. The molecule has 1 N–H and O–H groups in total. The van der Waals surface area contributed by atoms with Crippen LogP contribution in [0.2, 0.25) is 0 Å². The highest BCUT2D eigenvalue weighted by atomic mass is 19.1. The van der Waals surface area contributed by atoms with E-state index >= 15 is 0 Å². The van der Waals surface area contributed by atoms with Crippen LogP contribution in [0, 0.1) is 29.4 Å². The fourth-order valence-corrected chi connectivity index (χ4v) is 4.85. The van der Waals surface area contributed by atoms with Crippen LogP contribution in [-0.2, 0) is 4.74 Å². The maximum absolute atomic E-state index is 13.5. The Kier molecular flexibility index (Phi) is 4.79. The van der Waals surface area contributed by atoms with Gasteiger partial charge in [0.25, 0.3) is 0 Å². The standard InChI is InChI=1S/C21H20F2O2.C4H6/c22-17-6-4-14(5-7-17)20-16(13-24)8-10-21(20)11-9-19(25-21)15-2-1-3-18(23)12-15;1-3-2-4(1)3/h1-7,9,11-12,16,19-20,24H,8,10,13H2;3-4H,1-2H2/t16-,19?,20-,21-;/m1./s1. The molecule has 0 saturated heterocycles. The minimum atomic E-state index is -0.539. The third-order valence-corrected chi connectivity index (χ3v) is 6.92. The minimum absolute atomic E-state index is 0.0482. The molecule has 1 heterocycles. The highest BCUT2D eigenvalue weighted by molar-refractivity contribution is 5.35. The summed E-state index contributed by atoms with van der Waals surface area (Å²) in [5.74, 6) is 1.94. The Labute approximate surface area is 170 Å². The molecule has 0 bridgehead atoms. The van der Waals surface area contributed by atoms with E-state index in [4.69, 9.17) is 4.74 Å². The Hall–Kier alpha value is -2.04. The molecule has 1 aliphatic heterocycles. The molecule has 3 saturated carbocycles. The topological polar surface area (TPSA) is 29.5 Å². The maximum Gasteiger partial charge on any atom is 0.123 e. The van der Waals surface area contributed by atoms with E-state index in [0.717, 1.165) is 24.0 Å². The molecule has 1 unspecified atom stereocenters. The van der Waals surface area contributed by atoms with Crippen molar-refractivity contribution in [1.82, 2.24) is 0 Å². The normalized spacial score (nSPS) is 35.9. The van der Waals surface area contributed by atoms with Crippen LogP contribution >= 0.6 is 0 Å². The summed E-state index contributed by atoms with van der Waals surface area (Å²) in [6, 6.07) is 12.8. The van der Waals surface area contributed by atoms with Crippen molar-refractivity contribution in [3.05, 3.63) is 83.4 Å². The Morgan fingerprint density at radius 3 is 2.31 bits per heavy atom. The second-order valence-electron chi connectivity index (χ2n) is 8.91. The van der Waals surface area contributed by atoms with Crippen molar-refractivity contribution >= 4 is 0 Å². The van der Waals surface area contributed by atoms with E-state index in [1.54, 1.807) is 31.0 Å². The third kappa shape index (κ3) is 3.76. The molecule has 0 radical (unpaired) electrons. The summed E-state index contributed by atoms with van der Waals surface area (Å²) in [6.45, 7) is 0.0611. The first-order chi connectivity index (χ1) is 14.1. The van der Waals surface area contributed by atoms with Crippen LogP contribution < -0.4 is 0 Å². The van der Waals surface area contributed by atoms with Crippen LogP contribution in [0.1, 0.15) is 48.8 Å². The van der Waals surface area contributed by atoms with Crippen LogP contribution in [0.5, 0.6) is 0 Å². The van der Waals surface area contributed by atoms with E-state index in [9.17, 15) is 13.9 Å². The van der Waals surface area contributed by atoms with Crippen molar-refractivity contribution in [1.29, 1.82) is 0 Å². The maximum atomic E-state index is 13.5. The quantitative estimate of drug-likeness (QED) is 0.690. The molecule has 4 atom stereocenters. The van der Waals surface area contributed by atoms with E-state index in [0.29, 0.717) is 0 Å². The number of ether oxygens (including phenoxy) is 1. The Morgan fingerprint density at radius 2 is 1.69 bits per heavy atom. The first kappa shape index (κ1) is 19.0. The third-order valence-electron chi connectivity index (χ3n) is 6.92. The Balaban J connectivity index is 0.000000396. The smallest absolute Gasteiger partial charge is 0.123 e. The van der Waals surface area contributed by atoms with Crippen molar-refractivity contribution in [3.8, 4) is 0 Å². The number of fused-ring (bicyclic) bond motifs is 1. The van der Waals surface area contributed by atoms with Gasteiger partial charge in [0.15, 0.2) is 0 Å². The van der Waals surface area contributed by atoms with Crippen molar-refractivity contribution < 1.29 is 18.6 Å². The fraction of sp³-hybridized carbons (Fsp3) is 0.440. The molecule has 6 rings (SSSR count). The number of hydrogen-bond acceptors (Lipinski definition) is 2. The molecule has 4 heteroatoms. The molecule has 4 aliphatic rings. The van der Waals surface area contributed by atoms with Crippen LogP contribution in [0.3, 0.4) is 0 Å². The van der Waals surface area contributed by atoms with Gasteiger partial charge in [-0.05, 0) is 78.8 Å². The minimum Gasteiger partial charge on any atom is -0.396 e. The number of aliphatic hydroxyl groups excluding tert-OH is 1. The van der Waals surface area contributed by atoms with Crippen molar-refractivity contribution in [2.45, 2.75) is 43.3 Å². The van der Waals surface area contributed by atoms with Gasteiger partial charge in [-0.3, -0.25) is 0 Å². The lowest BCUT2D eigenvalue weighted by Gasteiger charge is -2.34. The van der Waals surface area contributed by atoms with Crippen LogP contribution in [0.4, 0.5) is 8.78 Å². The van der Waals surface area contributed by atoms with Gasteiger partial charge in [-0.25, -0.2) is 8.78 Å². The van der Waals surface area contributed by atoms with Gasteiger partial charge in [0.2, 0.25) is 0 Å². The lowest BCUT2D eigenvalue weighted by molar-refractivity contribution is -0.0373.